The third-order valence-electron chi connectivity index (χ3n) is 8.13. The van der Waals surface area contributed by atoms with Crippen molar-refractivity contribution in [3.8, 4) is 5.75 Å². The lowest BCUT2D eigenvalue weighted by atomic mass is 9.56. The summed E-state index contributed by atoms with van der Waals surface area (Å²) in [5, 5.41) is 56.4. The molecular weight excluding hydrogens is 482 g/mol. The lowest BCUT2D eigenvalue weighted by molar-refractivity contribution is -0.167. The second kappa shape index (κ2) is 8.57. The summed E-state index contributed by atoms with van der Waals surface area (Å²) >= 11 is 0. The van der Waals surface area contributed by atoms with Crippen LogP contribution in [0.4, 0.5) is 5.69 Å². The third-order valence-corrected chi connectivity index (χ3v) is 8.13. The molecule has 7 N–H and O–H groups in total. The number of aliphatic hydroxyl groups is 4. The van der Waals surface area contributed by atoms with Gasteiger partial charge in [0, 0.05) is 31.0 Å². The number of hydrogen-bond donors (Lipinski definition) is 6. The Hall–Kier alpha value is -3.41. The maximum absolute atomic E-state index is 13.9. The normalized spacial score (nSPS) is 31.9. The first-order chi connectivity index (χ1) is 17.4. The van der Waals surface area contributed by atoms with Crippen LogP contribution in [0.2, 0.25) is 0 Å². The second-order valence-electron chi connectivity index (χ2n) is 10.4. The molecule has 1 heterocycles. The number of Topliss-reactive ketones (excluding diaryl/α,β-unsaturated/α-hetero) is 2. The van der Waals surface area contributed by atoms with Gasteiger partial charge < -0.3 is 36.2 Å². The van der Waals surface area contributed by atoms with Gasteiger partial charge in [0.05, 0.1) is 29.3 Å². The van der Waals surface area contributed by atoms with Crippen LogP contribution in [0, 0.1) is 18.3 Å². The SMILES string of the molecule is CN(C)[C@@H]1C(=O)C(C(N)=O)=C(O)[C@@]2(O)C(=O)C3=C(O)c4c(ccc(N5CCCCC5)c4O)[CH][C@H]3[C@H](O)[C@@H]12. The van der Waals surface area contributed by atoms with Crippen molar-refractivity contribution in [1.29, 1.82) is 0 Å². The number of hydrogen-bond acceptors (Lipinski definition) is 10. The largest absolute Gasteiger partial charge is 0.508 e. The smallest absolute Gasteiger partial charge is 0.255 e. The van der Waals surface area contributed by atoms with Gasteiger partial charge in [-0.05, 0) is 45.0 Å². The van der Waals surface area contributed by atoms with E-state index in [1.807, 2.05) is 4.90 Å². The van der Waals surface area contributed by atoms with Gasteiger partial charge >= 0.3 is 0 Å². The molecule has 0 bridgehead atoms. The Bertz CT molecular complexity index is 1280. The molecular formula is C26H30N3O8. The number of phenolic OH excluding ortho intramolecular Hbond substituents is 1. The van der Waals surface area contributed by atoms with E-state index in [-0.39, 0.29) is 11.3 Å². The van der Waals surface area contributed by atoms with Crippen LogP contribution in [0.15, 0.2) is 29.0 Å². The molecule has 1 aromatic carbocycles. The van der Waals surface area contributed by atoms with Gasteiger partial charge in [-0.25, -0.2) is 0 Å². The number of primary amides is 1. The van der Waals surface area contributed by atoms with Gasteiger partial charge in [0.25, 0.3) is 5.91 Å². The first kappa shape index (κ1) is 25.2. The van der Waals surface area contributed by atoms with E-state index in [0.717, 1.165) is 19.3 Å². The number of piperidine rings is 1. The molecule has 5 rings (SSSR count). The van der Waals surface area contributed by atoms with Crippen LogP contribution >= 0.6 is 0 Å². The topological polar surface area (TPSA) is 185 Å². The number of aliphatic hydroxyl groups excluding tert-OH is 3. The molecule has 1 saturated heterocycles. The zero-order valence-corrected chi connectivity index (χ0v) is 20.5. The predicted octanol–water partition coefficient (Wildman–Crippen LogP) is -0.0650. The van der Waals surface area contributed by atoms with E-state index in [1.54, 1.807) is 12.1 Å². The number of carbonyl (C=O) groups is 3. The number of likely N-dealkylation sites (N-methyl/N-ethyl adjacent to an activating group) is 1. The van der Waals surface area contributed by atoms with Crippen LogP contribution in [0.3, 0.4) is 0 Å². The van der Waals surface area contributed by atoms with Gasteiger partial charge in [-0.2, -0.15) is 0 Å². The van der Waals surface area contributed by atoms with Gasteiger partial charge in [0.1, 0.15) is 22.8 Å². The van der Waals surface area contributed by atoms with E-state index in [1.165, 1.54) is 25.4 Å². The summed E-state index contributed by atoms with van der Waals surface area (Å²) in [5.41, 5.74) is 1.83. The zero-order valence-electron chi connectivity index (χ0n) is 20.5. The summed E-state index contributed by atoms with van der Waals surface area (Å²) in [4.78, 5) is 42.4. The summed E-state index contributed by atoms with van der Waals surface area (Å²) in [6.07, 6.45) is 2.81. The van der Waals surface area contributed by atoms with Crippen LogP contribution in [0.5, 0.6) is 5.75 Å². The van der Waals surface area contributed by atoms with Crippen molar-refractivity contribution in [1.82, 2.24) is 4.90 Å². The van der Waals surface area contributed by atoms with Crippen molar-refractivity contribution >= 4 is 28.9 Å². The van der Waals surface area contributed by atoms with Crippen LogP contribution in [0.1, 0.15) is 30.4 Å². The predicted molar refractivity (Wildman–Crippen MR) is 131 cm³/mol. The summed E-state index contributed by atoms with van der Waals surface area (Å²) in [5.74, 6) is -8.37. The minimum absolute atomic E-state index is 0.0356. The summed E-state index contributed by atoms with van der Waals surface area (Å²) in [6, 6.07) is 2.00. The highest BCUT2D eigenvalue weighted by Crippen LogP contribution is 2.54. The number of nitrogens with zero attached hydrogens (tertiary/aromatic N) is 2. The van der Waals surface area contributed by atoms with E-state index in [0.29, 0.717) is 24.3 Å². The Morgan fingerprint density at radius 1 is 1.11 bits per heavy atom. The van der Waals surface area contributed by atoms with Gasteiger partial charge in [0.15, 0.2) is 11.4 Å². The van der Waals surface area contributed by atoms with Crippen LogP contribution in [-0.4, -0.2) is 92.8 Å². The quantitative estimate of drug-likeness (QED) is 0.300. The Balaban J connectivity index is 1.71. The van der Waals surface area contributed by atoms with Gasteiger partial charge in [-0.15, -0.1) is 0 Å². The molecule has 0 spiro atoms. The average Bonchev–Trinajstić information content (AvgIpc) is 2.84. The first-order valence-corrected chi connectivity index (χ1v) is 12.2. The number of nitrogens with two attached hydrogens (primary N) is 1. The minimum Gasteiger partial charge on any atom is -0.508 e. The second-order valence-corrected chi connectivity index (χ2v) is 10.4. The molecule has 1 aliphatic heterocycles. The standard InChI is InChI=1S/C26H30N3O8/c1-28(2)18-17-19(30)12-10-11-6-7-13(29-8-4-3-5-9-29)20(31)14(11)21(32)15(12)23(34)26(17,37)24(35)16(22(18)33)25(27)36/h6-7,10,12,17-19,30-32,35,37H,3-5,8-9H2,1-2H3,(H2,27,36)/t12-,17-,18+,19+,26+/m1/s1. The number of aromatic hydroxyl groups is 1. The highest BCUT2D eigenvalue weighted by atomic mass is 16.4. The first-order valence-electron chi connectivity index (χ1n) is 12.2. The number of phenols is 1. The number of benzene rings is 1. The highest BCUT2D eigenvalue weighted by molar-refractivity contribution is 6.24. The minimum atomic E-state index is -2.92. The molecule has 37 heavy (non-hydrogen) atoms. The van der Waals surface area contributed by atoms with E-state index in [9.17, 15) is 39.9 Å². The molecule has 3 aliphatic carbocycles. The van der Waals surface area contributed by atoms with Gasteiger partial charge in [0.2, 0.25) is 5.78 Å². The van der Waals surface area contributed by atoms with Crippen molar-refractivity contribution in [3.05, 3.63) is 46.6 Å². The fourth-order valence-electron chi connectivity index (χ4n) is 6.39. The van der Waals surface area contributed by atoms with Crippen LogP contribution in [-0.2, 0) is 14.4 Å². The van der Waals surface area contributed by atoms with Crippen molar-refractivity contribution < 1.29 is 39.9 Å². The monoisotopic (exact) mass is 512 g/mol. The zero-order chi connectivity index (χ0) is 27.0. The lowest BCUT2D eigenvalue weighted by Gasteiger charge is -2.52. The maximum atomic E-state index is 13.9. The molecule has 1 radical (unpaired) electrons. The van der Waals surface area contributed by atoms with Crippen molar-refractivity contribution in [2.24, 2.45) is 17.6 Å². The van der Waals surface area contributed by atoms with E-state index < -0.39 is 69.7 Å². The Kier molecular flexibility index (Phi) is 5.85. The number of amides is 1. The number of fused-ring (bicyclic) bond motifs is 3. The number of rotatable bonds is 3. The molecule has 11 nitrogen and oxygen atoms in total. The molecule has 11 heteroatoms. The third kappa shape index (κ3) is 3.34. The summed E-state index contributed by atoms with van der Waals surface area (Å²) in [6.45, 7) is 1.42. The van der Waals surface area contributed by atoms with E-state index >= 15 is 0 Å². The Morgan fingerprint density at radius 3 is 2.35 bits per heavy atom. The van der Waals surface area contributed by atoms with Crippen molar-refractivity contribution in [3.63, 3.8) is 0 Å². The van der Waals surface area contributed by atoms with E-state index in [4.69, 9.17) is 5.73 Å². The van der Waals surface area contributed by atoms with Crippen LogP contribution < -0.4 is 10.6 Å². The lowest BCUT2D eigenvalue weighted by Crippen LogP contribution is -2.70. The van der Waals surface area contributed by atoms with Gasteiger partial charge in [-0.3, -0.25) is 19.3 Å². The molecule has 4 aliphatic rings. The van der Waals surface area contributed by atoms with Gasteiger partial charge in [-0.1, -0.05) is 6.07 Å². The molecule has 1 aromatic rings. The van der Waals surface area contributed by atoms with Crippen LogP contribution in [0.25, 0.3) is 5.76 Å². The Morgan fingerprint density at radius 2 is 1.76 bits per heavy atom. The van der Waals surface area contributed by atoms with E-state index in [2.05, 4.69) is 0 Å². The maximum Gasteiger partial charge on any atom is 0.255 e. The molecule has 0 unspecified atom stereocenters. The molecule has 0 aromatic heterocycles. The molecule has 197 valence electrons. The molecule has 5 atom stereocenters. The number of anilines is 1. The average molecular weight is 513 g/mol. The fraction of sp³-hybridized carbons (Fsp3) is 0.462. The molecule has 1 amide bonds. The Labute approximate surface area is 213 Å². The van der Waals surface area contributed by atoms with Crippen molar-refractivity contribution in [2.45, 2.75) is 37.0 Å². The van der Waals surface area contributed by atoms with Crippen molar-refractivity contribution in [2.75, 3.05) is 32.1 Å². The highest BCUT2D eigenvalue weighted by Gasteiger charge is 2.67. The number of carbonyl (C=O) groups excluding carboxylic acids is 3. The molecule has 1 saturated carbocycles. The summed E-state index contributed by atoms with van der Waals surface area (Å²) in [7, 11) is 2.92. The molecule has 2 fully saturated rings. The summed E-state index contributed by atoms with van der Waals surface area (Å²) < 4.78 is 0. The fourth-order valence-corrected chi connectivity index (χ4v) is 6.39. The number of ketones is 2.